The molecule has 0 saturated carbocycles. The summed E-state index contributed by atoms with van der Waals surface area (Å²) in [5, 5.41) is 4.28. The lowest BCUT2D eigenvalue weighted by atomic mass is 10.2. The summed E-state index contributed by atoms with van der Waals surface area (Å²) in [6.07, 6.45) is 0. The zero-order chi connectivity index (χ0) is 11.4. The first-order chi connectivity index (χ1) is 7.79. The highest BCUT2D eigenvalue weighted by Gasteiger charge is 2.20. The molecule has 1 aromatic rings. The van der Waals surface area contributed by atoms with E-state index in [2.05, 4.69) is 21.7 Å². The van der Waals surface area contributed by atoms with Gasteiger partial charge in [-0.1, -0.05) is 0 Å². The van der Waals surface area contributed by atoms with E-state index in [9.17, 15) is 4.79 Å². The van der Waals surface area contributed by atoms with Crippen LogP contribution >= 0.6 is 35.3 Å². The van der Waals surface area contributed by atoms with Crippen molar-refractivity contribution in [3.63, 3.8) is 0 Å². The van der Waals surface area contributed by atoms with Gasteiger partial charge in [0.2, 0.25) is 5.91 Å². The topological polar surface area (TPSA) is 23.6 Å². The molecule has 1 saturated heterocycles. The normalized spacial score (nSPS) is 16.6. The van der Waals surface area contributed by atoms with Gasteiger partial charge in [-0.2, -0.15) is 11.3 Å². The van der Waals surface area contributed by atoms with Crippen LogP contribution in [0.5, 0.6) is 0 Å². The van der Waals surface area contributed by atoms with E-state index in [-0.39, 0.29) is 24.2 Å². The summed E-state index contributed by atoms with van der Waals surface area (Å²) in [6.45, 7) is 4.48. The number of rotatable bonds is 3. The average Bonchev–Trinajstić information content (AvgIpc) is 2.82. The van der Waals surface area contributed by atoms with Crippen LogP contribution in [0.1, 0.15) is 5.56 Å². The van der Waals surface area contributed by atoms with E-state index in [0.717, 1.165) is 32.7 Å². The van der Waals surface area contributed by atoms with Gasteiger partial charge in [0.25, 0.3) is 0 Å². The van der Waals surface area contributed by atoms with E-state index >= 15 is 0 Å². The summed E-state index contributed by atoms with van der Waals surface area (Å²) < 4.78 is 0. The van der Waals surface area contributed by atoms with Crippen molar-refractivity contribution in [2.75, 3.05) is 32.1 Å². The highest BCUT2D eigenvalue weighted by Crippen LogP contribution is 2.11. The lowest BCUT2D eigenvalue weighted by Crippen LogP contribution is -2.48. The largest absolute Gasteiger partial charge is 0.339 e. The van der Waals surface area contributed by atoms with Crippen molar-refractivity contribution in [3.05, 3.63) is 22.4 Å². The highest BCUT2D eigenvalue weighted by atomic mass is 35.5. The second kappa shape index (κ2) is 7.21. The van der Waals surface area contributed by atoms with Gasteiger partial charge in [-0.3, -0.25) is 9.69 Å². The molecule has 0 radical (unpaired) electrons. The maximum Gasteiger partial charge on any atom is 0.237 e. The van der Waals surface area contributed by atoms with Crippen LogP contribution in [0.4, 0.5) is 0 Å². The van der Waals surface area contributed by atoms with Crippen LogP contribution in [-0.2, 0) is 11.3 Å². The molecule has 2 rings (SSSR count). The summed E-state index contributed by atoms with van der Waals surface area (Å²) in [4.78, 5) is 15.6. The van der Waals surface area contributed by atoms with Crippen LogP contribution in [0.3, 0.4) is 0 Å². The number of hydrogen-bond donors (Lipinski definition) is 0. The average molecular weight is 295 g/mol. The Morgan fingerprint density at radius 3 is 2.59 bits per heavy atom. The van der Waals surface area contributed by atoms with Crippen molar-refractivity contribution >= 4 is 41.3 Å². The van der Waals surface area contributed by atoms with Gasteiger partial charge in [0, 0.05) is 32.7 Å². The molecule has 1 amide bonds. The van der Waals surface area contributed by atoms with Crippen LogP contribution < -0.4 is 0 Å². The van der Waals surface area contributed by atoms with Crippen molar-refractivity contribution in [3.8, 4) is 0 Å². The number of alkyl halides is 1. The number of carbonyl (C=O) groups excluding carboxylic acids is 1. The Balaban J connectivity index is 0.00000144. The standard InChI is InChI=1S/C11H15ClN2OS.ClH/c12-7-11(15)14-4-2-13(3-5-14)8-10-1-6-16-9-10;/h1,6,9H,2-5,7-8H2;1H. The van der Waals surface area contributed by atoms with E-state index in [0.29, 0.717) is 0 Å². The van der Waals surface area contributed by atoms with Crippen molar-refractivity contribution in [2.45, 2.75) is 6.54 Å². The Labute approximate surface area is 117 Å². The van der Waals surface area contributed by atoms with Crippen molar-refractivity contribution < 1.29 is 4.79 Å². The van der Waals surface area contributed by atoms with Gasteiger partial charge in [0.05, 0.1) is 0 Å². The van der Waals surface area contributed by atoms with Crippen LogP contribution in [0, 0.1) is 0 Å². The second-order valence-corrected chi connectivity index (χ2v) is 4.97. The molecular formula is C11H16Cl2N2OS. The molecule has 1 aromatic heterocycles. The predicted molar refractivity (Wildman–Crippen MR) is 74.1 cm³/mol. The Bertz CT molecular complexity index is 337. The van der Waals surface area contributed by atoms with Crippen LogP contribution in [-0.4, -0.2) is 47.8 Å². The summed E-state index contributed by atoms with van der Waals surface area (Å²) in [7, 11) is 0. The fourth-order valence-electron chi connectivity index (χ4n) is 1.88. The molecule has 0 unspecified atom stereocenters. The van der Waals surface area contributed by atoms with Crippen molar-refractivity contribution in [2.24, 2.45) is 0 Å². The van der Waals surface area contributed by atoms with Gasteiger partial charge < -0.3 is 4.90 Å². The number of hydrogen-bond acceptors (Lipinski definition) is 3. The predicted octanol–water partition coefficient (Wildman–Crippen LogP) is 2.05. The second-order valence-electron chi connectivity index (χ2n) is 3.92. The maximum atomic E-state index is 11.4. The molecule has 0 bridgehead atoms. The molecule has 0 N–H and O–H groups in total. The summed E-state index contributed by atoms with van der Waals surface area (Å²) in [5.41, 5.74) is 1.36. The SMILES string of the molecule is Cl.O=C(CCl)N1CCN(Cc2ccsc2)CC1. The molecule has 0 atom stereocenters. The third-order valence-corrected chi connectivity index (χ3v) is 3.79. The van der Waals surface area contributed by atoms with Gasteiger partial charge in [-0.15, -0.1) is 24.0 Å². The minimum Gasteiger partial charge on any atom is -0.339 e. The van der Waals surface area contributed by atoms with E-state index in [1.165, 1.54) is 5.56 Å². The lowest BCUT2D eigenvalue weighted by molar-refractivity contribution is -0.130. The van der Waals surface area contributed by atoms with Gasteiger partial charge in [-0.25, -0.2) is 0 Å². The molecule has 0 aromatic carbocycles. The van der Waals surface area contributed by atoms with Crippen LogP contribution in [0.2, 0.25) is 0 Å². The van der Waals surface area contributed by atoms with Gasteiger partial charge in [-0.05, 0) is 22.4 Å². The lowest BCUT2D eigenvalue weighted by Gasteiger charge is -2.34. The minimum absolute atomic E-state index is 0. The van der Waals surface area contributed by atoms with Crippen molar-refractivity contribution in [1.82, 2.24) is 9.80 Å². The zero-order valence-electron chi connectivity index (χ0n) is 9.47. The molecule has 6 heteroatoms. The molecular weight excluding hydrogens is 279 g/mol. The Morgan fingerprint density at radius 2 is 2.06 bits per heavy atom. The summed E-state index contributed by atoms with van der Waals surface area (Å²) >= 11 is 7.26. The highest BCUT2D eigenvalue weighted by molar-refractivity contribution is 7.07. The number of nitrogens with zero attached hydrogens (tertiary/aromatic N) is 2. The smallest absolute Gasteiger partial charge is 0.237 e. The Kier molecular flexibility index (Phi) is 6.27. The molecule has 3 nitrogen and oxygen atoms in total. The van der Waals surface area contributed by atoms with Crippen molar-refractivity contribution in [1.29, 1.82) is 0 Å². The van der Waals surface area contributed by atoms with E-state index < -0.39 is 0 Å². The molecule has 1 fully saturated rings. The Morgan fingerprint density at radius 1 is 1.35 bits per heavy atom. The first kappa shape index (κ1) is 14.8. The molecule has 0 aliphatic carbocycles. The van der Waals surface area contributed by atoms with Gasteiger partial charge >= 0.3 is 0 Å². The van der Waals surface area contributed by atoms with Crippen LogP contribution in [0.25, 0.3) is 0 Å². The molecule has 1 aliphatic rings. The third kappa shape index (κ3) is 4.14. The fraction of sp³-hybridized carbons (Fsp3) is 0.545. The van der Waals surface area contributed by atoms with Gasteiger partial charge in [0.15, 0.2) is 0 Å². The number of amides is 1. The summed E-state index contributed by atoms with van der Waals surface area (Å²) in [6, 6.07) is 2.15. The number of carbonyl (C=O) groups is 1. The number of piperazine rings is 1. The van der Waals surface area contributed by atoms with E-state index in [1.807, 2.05) is 4.90 Å². The first-order valence-electron chi connectivity index (χ1n) is 5.37. The number of halogens is 2. The Hall–Kier alpha value is -0.290. The summed E-state index contributed by atoms with van der Waals surface area (Å²) in [5.74, 6) is 0.154. The maximum absolute atomic E-state index is 11.4. The third-order valence-electron chi connectivity index (χ3n) is 2.83. The molecule has 1 aliphatic heterocycles. The fourth-order valence-corrected chi connectivity index (χ4v) is 2.71. The quantitative estimate of drug-likeness (QED) is 0.797. The molecule has 2 heterocycles. The molecule has 0 spiro atoms. The van der Waals surface area contributed by atoms with Gasteiger partial charge in [0.1, 0.15) is 5.88 Å². The molecule has 17 heavy (non-hydrogen) atoms. The van der Waals surface area contributed by atoms with Crippen LogP contribution in [0.15, 0.2) is 16.8 Å². The number of thiophene rings is 1. The molecule has 96 valence electrons. The first-order valence-corrected chi connectivity index (χ1v) is 6.84. The zero-order valence-corrected chi connectivity index (χ0v) is 11.9. The van der Waals surface area contributed by atoms with E-state index in [4.69, 9.17) is 11.6 Å². The van der Waals surface area contributed by atoms with E-state index in [1.54, 1.807) is 11.3 Å². The monoisotopic (exact) mass is 294 g/mol. The minimum atomic E-state index is 0.